The molecule has 0 aliphatic carbocycles. The Balaban J connectivity index is 1.23. The molecule has 2 aliphatic rings. The van der Waals surface area contributed by atoms with Gasteiger partial charge in [-0.2, -0.15) is 13.2 Å². The van der Waals surface area contributed by atoms with E-state index in [1.807, 2.05) is 18.2 Å². The van der Waals surface area contributed by atoms with E-state index in [1.54, 1.807) is 11.0 Å². The van der Waals surface area contributed by atoms with E-state index in [0.717, 1.165) is 37.1 Å². The number of carbonyl (C=O) groups is 2. The van der Waals surface area contributed by atoms with Gasteiger partial charge in [0.15, 0.2) is 0 Å². The van der Waals surface area contributed by atoms with E-state index >= 15 is 0 Å². The molecule has 2 aromatic rings. The maximum Gasteiger partial charge on any atom is 0.416 e. The average molecular weight is 432 g/mol. The third-order valence-corrected chi connectivity index (χ3v) is 5.84. The number of hydrogen-bond donors (Lipinski definition) is 0. The fourth-order valence-electron chi connectivity index (χ4n) is 4.09. The second-order valence-electron chi connectivity index (χ2n) is 7.83. The van der Waals surface area contributed by atoms with Gasteiger partial charge in [0.05, 0.1) is 11.1 Å². The van der Waals surface area contributed by atoms with Gasteiger partial charge >= 0.3 is 12.1 Å². The summed E-state index contributed by atoms with van der Waals surface area (Å²) < 4.78 is 43.5. The molecule has 2 aromatic carbocycles. The van der Waals surface area contributed by atoms with Crippen molar-refractivity contribution in [3.63, 3.8) is 0 Å². The Hall–Kier alpha value is -2.87. The molecule has 0 radical (unpaired) electrons. The molecular weight excluding hydrogens is 409 g/mol. The van der Waals surface area contributed by atoms with Crippen molar-refractivity contribution < 1.29 is 27.5 Å². The monoisotopic (exact) mass is 432 g/mol. The van der Waals surface area contributed by atoms with Gasteiger partial charge in [-0.25, -0.2) is 4.79 Å². The summed E-state index contributed by atoms with van der Waals surface area (Å²) in [6.07, 6.45) is -3.01. The first kappa shape index (κ1) is 21.4. The third kappa shape index (κ3) is 4.74. The van der Waals surface area contributed by atoms with E-state index in [0.29, 0.717) is 31.7 Å². The van der Waals surface area contributed by atoms with Crippen molar-refractivity contribution in [3.05, 3.63) is 70.8 Å². The topological polar surface area (TPSA) is 49.9 Å². The average Bonchev–Trinajstić information content (AvgIpc) is 3.09. The van der Waals surface area contributed by atoms with Crippen LogP contribution >= 0.6 is 0 Å². The summed E-state index contributed by atoms with van der Waals surface area (Å²) >= 11 is 0. The number of esters is 1. The second kappa shape index (κ2) is 8.70. The Labute approximate surface area is 178 Å². The molecule has 8 heteroatoms. The highest BCUT2D eigenvalue weighted by Crippen LogP contribution is 2.33. The fraction of sp³-hybridized carbons (Fsp3) is 0.391. The Morgan fingerprint density at radius 3 is 2.35 bits per heavy atom. The van der Waals surface area contributed by atoms with E-state index in [9.17, 15) is 22.8 Å². The molecule has 1 atom stereocenters. The van der Waals surface area contributed by atoms with Crippen molar-refractivity contribution in [1.82, 2.24) is 9.80 Å². The maximum absolute atomic E-state index is 12.7. The standard InChI is InChI=1S/C23H23F3N2O3/c24-23(25,26)17-9-7-16(8-10-17)21(29)28-14-12-27(13-15-28)11-3-6-20-18-4-1-2-5-19(18)22(30)31-20/h1-2,4-5,7-10,20H,3,6,11-15H2. The Bertz CT molecular complexity index is 951. The normalized spacial score (nSPS) is 19.3. The molecule has 164 valence electrons. The van der Waals surface area contributed by atoms with Crippen molar-refractivity contribution >= 4 is 11.9 Å². The van der Waals surface area contributed by atoms with Gasteiger partial charge in [-0.05, 0) is 49.7 Å². The lowest BCUT2D eigenvalue weighted by Crippen LogP contribution is -2.48. The molecule has 31 heavy (non-hydrogen) atoms. The third-order valence-electron chi connectivity index (χ3n) is 5.84. The lowest BCUT2D eigenvalue weighted by atomic mass is 10.0. The number of amides is 1. The number of ether oxygens (including phenoxy) is 1. The van der Waals surface area contributed by atoms with Crippen LogP contribution in [-0.2, 0) is 10.9 Å². The molecule has 2 heterocycles. The Morgan fingerprint density at radius 1 is 1.00 bits per heavy atom. The van der Waals surface area contributed by atoms with Crippen LogP contribution in [0.15, 0.2) is 48.5 Å². The quantitative estimate of drug-likeness (QED) is 0.666. The van der Waals surface area contributed by atoms with E-state index in [4.69, 9.17) is 4.74 Å². The van der Waals surface area contributed by atoms with Gasteiger partial charge in [-0.1, -0.05) is 18.2 Å². The SMILES string of the molecule is O=C1OC(CCCN2CCN(C(=O)c3ccc(C(F)(F)F)cc3)CC2)c2ccccc21. The molecule has 0 aromatic heterocycles. The summed E-state index contributed by atoms with van der Waals surface area (Å²) in [7, 11) is 0. The van der Waals surface area contributed by atoms with Crippen LogP contribution in [0.4, 0.5) is 13.2 Å². The summed E-state index contributed by atoms with van der Waals surface area (Å²) in [5, 5.41) is 0. The molecule has 0 spiro atoms. The zero-order valence-corrected chi connectivity index (χ0v) is 16.9. The number of piperazine rings is 1. The lowest BCUT2D eigenvalue weighted by Gasteiger charge is -2.35. The first-order valence-electron chi connectivity index (χ1n) is 10.3. The van der Waals surface area contributed by atoms with Crippen LogP contribution in [0, 0.1) is 0 Å². The van der Waals surface area contributed by atoms with Crippen LogP contribution in [-0.4, -0.2) is 54.4 Å². The Morgan fingerprint density at radius 2 is 1.68 bits per heavy atom. The molecule has 0 saturated carbocycles. The van der Waals surface area contributed by atoms with Gasteiger partial charge in [0.1, 0.15) is 6.10 Å². The minimum absolute atomic E-state index is 0.203. The van der Waals surface area contributed by atoms with Crippen molar-refractivity contribution in [2.75, 3.05) is 32.7 Å². The number of hydrogen-bond acceptors (Lipinski definition) is 4. The largest absolute Gasteiger partial charge is 0.454 e. The van der Waals surface area contributed by atoms with Crippen LogP contribution in [0.1, 0.15) is 50.8 Å². The molecule has 0 N–H and O–H groups in total. The van der Waals surface area contributed by atoms with Crippen LogP contribution in [0.3, 0.4) is 0 Å². The van der Waals surface area contributed by atoms with Gasteiger partial charge in [0.2, 0.25) is 0 Å². The predicted octanol–water partition coefficient (Wildman–Crippen LogP) is 4.16. The Kier molecular flexibility index (Phi) is 6.00. The summed E-state index contributed by atoms with van der Waals surface area (Å²) in [5.41, 5.74) is 1.09. The van der Waals surface area contributed by atoms with Gasteiger partial charge in [-0.3, -0.25) is 9.69 Å². The first-order valence-corrected chi connectivity index (χ1v) is 10.3. The van der Waals surface area contributed by atoms with Crippen LogP contribution in [0.5, 0.6) is 0 Å². The number of benzene rings is 2. The molecule has 1 amide bonds. The molecule has 5 nitrogen and oxygen atoms in total. The van der Waals surface area contributed by atoms with Crippen molar-refractivity contribution in [2.24, 2.45) is 0 Å². The van der Waals surface area contributed by atoms with Crippen molar-refractivity contribution in [2.45, 2.75) is 25.1 Å². The van der Waals surface area contributed by atoms with E-state index in [1.165, 1.54) is 12.1 Å². The highest BCUT2D eigenvalue weighted by Gasteiger charge is 2.31. The van der Waals surface area contributed by atoms with Crippen LogP contribution in [0.2, 0.25) is 0 Å². The number of cyclic esters (lactones) is 1. The van der Waals surface area contributed by atoms with Crippen LogP contribution in [0.25, 0.3) is 0 Å². The number of fused-ring (bicyclic) bond motifs is 1. The fourth-order valence-corrected chi connectivity index (χ4v) is 4.09. The second-order valence-corrected chi connectivity index (χ2v) is 7.83. The first-order chi connectivity index (χ1) is 14.8. The van der Waals surface area contributed by atoms with Gasteiger partial charge in [-0.15, -0.1) is 0 Å². The summed E-state index contributed by atoms with van der Waals surface area (Å²) in [5.74, 6) is -0.515. The van der Waals surface area contributed by atoms with E-state index in [-0.39, 0.29) is 23.5 Å². The molecular formula is C23H23F3N2O3. The molecule has 4 rings (SSSR count). The maximum atomic E-state index is 12.7. The van der Waals surface area contributed by atoms with E-state index < -0.39 is 11.7 Å². The minimum atomic E-state index is -4.41. The molecule has 1 unspecified atom stereocenters. The predicted molar refractivity (Wildman–Crippen MR) is 108 cm³/mol. The lowest BCUT2D eigenvalue weighted by molar-refractivity contribution is -0.137. The highest BCUT2D eigenvalue weighted by atomic mass is 19.4. The summed E-state index contributed by atoms with van der Waals surface area (Å²) in [4.78, 5) is 28.4. The van der Waals surface area contributed by atoms with E-state index in [2.05, 4.69) is 4.90 Å². The van der Waals surface area contributed by atoms with Gasteiger partial charge in [0.25, 0.3) is 5.91 Å². The molecule has 1 fully saturated rings. The summed E-state index contributed by atoms with van der Waals surface area (Å²) in [6, 6.07) is 11.8. The van der Waals surface area contributed by atoms with Gasteiger partial charge in [0, 0.05) is 37.3 Å². The summed E-state index contributed by atoms with van der Waals surface area (Å²) in [6.45, 7) is 3.29. The zero-order chi connectivity index (χ0) is 22.0. The zero-order valence-electron chi connectivity index (χ0n) is 16.9. The number of halogens is 3. The van der Waals surface area contributed by atoms with Crippen molar-refractivity contribution in [1.29, 1.82) is 0 Å². The van der Waals surface area contributed by atoms with Gasteiger partial charge < -0.3 is 9.64 Å². The van der Waals surface area contributed by atoms with Crippen molar-refractivity contribution in [3.8, 4) is 0 Å². The smallest absolute Gasteiger partial charge is 0.416 e. The molecule has 2 aliphatic heterocycles. The number of carbonyl (C=O) groups excluding carboxylic acids is 2. The van der Waals surface area contributed by atoms with Crippen LogP contribution < -0.4 is 0 Å². The number of alkyl halides is 3. The molecule has 1 saturated heterocycles. The molecule has 0 bridgehead atoms. The number of rotatable bonds is 5. The minimum Gasteiger partial charge on any atom is -0.454 e. The highest BCUT2D eigenvalue weighted by molar-refractivity contribution is 5.94. The number of nitrogens with zero attached hydrogens (tertiary/aromatic N) is 2.